The van der Waals surface area contributed by atoms with Gasteiger partial charge in [0, 0.05) is 49.4 Å². The zero-order chi connectivity index (χ0) is 30.0. The number of halogens is 2. The molecule has 0 saturated heterocycles. The summed E-state index contributed by atoms with van der Waals surface area (Å²) in [5.41, 5.74) is 7.67. The van der Waals surface area contributed by atoms with Gasteiger partial charge in [-0.2, -0.15) is 0 Å². The maximum atomic E-state index is 13.8. The molecule has 4 N–H and O–H groups in total. The highest BCUT2D eigenvalue weighted by Gasteiger charge is 2.31. The normalized spacial score (nSPS) is 13.3. The minimum Gasteiger partial charge on any atom is -0.390 e. The molecular formula is C30H42F2N4O4. The van der Waals surface area contributed by atoms with Gasteiger partial charge in [-0.1, -0.05) is 13.8 Å². The Labute approximate surface area is 235 Å². The molecule has 0 radical (unpaired) electrons. The van der Waals surface area contributed by atoms with Crippen molar-refractivity contribution < 1.29 is 28.3 Å². The van der Waals surface area contributed by atoms with Crippen LogP contribution in [0.5, 0.6) is 0 Å². The number of nitrogens with two attached hydrogens (primary N) is 1. The van der Waals surface area contributed by atoms with Gasteiger partial charge in [-0.3, -0.25) is 14.4 Å². The molecule has 0 aliphatic carbocycles. The summed E-state index contributed by atoms with van der Waals surface area (Å²) in [5.74, 6) is -2.70. The van der Waals surface area contributed by atoms with Crippen LogP contribution < -0.4 is 11.1 Å². The average Bonchev–Trinajstić information content (AvgIpc) is 2.89. The van der Waals surface area contributed by atoms with E-state index < -0.39 is 41.6 Å². The quantitative estimate of drug-likeness (QED) is 0.328. The van der Waals surface area contributed by atoms with Gasteiger partial charge in [0.1, 0.15) is 17.7 Å². The van der Waals surface area contributed by atoms with E-state index in [0.717, 1.165) is 31.0 Å². The standard InChI is InChI=1S/C30H42F2N4O4/c1-6-9-35(10-7-2)29(39)22-11-19(4)12-23(16-22)30(40)36(20(5)28(38)34-8-3)18-27(37)26(33)15-21-13-24(31)17-25(32)14-21/h11-14,16-17,20,26-27,37H,6-10,15,18,33H2,1-5H3,(H,34,38)/t20-,26-,27+/m0/s1. The van der Waals surface area contributed by atoms with Gasteiger partial charge in [0.25, 0.3) is 11.8 Å². The predicted molar refractivity (Wildman–Crippen MR) is 151 cm³/mol. The molecule has 10 heteroatoms. The number of rotatable bonds is 14. The largest absolute Gasteiger partial charge is 0.390 e. The first-order chi connectivity index (χ1) is 18.9. The number of nitrogens with one attached hydrogen (secondary N) is 1. The molecular weight excluding hydrogens is 518 g/mol. The second-order valence-electron chi connectivity index (χ2n) is 10.1. The van der Waals surface area contributed by atoms with E-state index in [4.69, 9.17) is 5.73 Å². The number of aryl methyl sites for hydroxylation is 1. The van der Waals surface area contributed by atoms with E-state index in [0.29, 0.717) is 30.8 Å². The molecule has 0 fully saturated rings. The zero-order valence-corrected chi connectivity index (χ0v) is 24.0. The molecule has 0 spiro atoms. The van der Waals surface area contributed by atoms with Crippen molar-refractivity contribution in [1.82, 2.24) is 15.1 Å². The van der Waals surface area contributed by atoms with Crippen molar-refractivity contribution in [3.8, 4) is 0 Å². The van der Waals surface area contributed by atoms with Crippen molar-refractivity contribution in [1.29, 1.82) is 0 Å². The Bertz CT molecular complexity index is 1150. The molecule has 2 aromatic rings. The monoisotopic (exact) mass is 560 g/mol. The second-order valence-corrected chi connectivity index (χ2v) is 10.1. The summed E-state index contributed by atoms with van der Waals surface area (Å²) in [5, 5.41) is 13.6. The number of carbonyl (C=O) groups excluding carboxylic acids is 3. The van der Waals surface area contributed by atoms with Gasteiger partial charge in [-0.15, -0.1) is 0 Å². The fraction of sp³-hybridized carbons (Fsp3) is 0.500. The Morgan fingerprint density at radius 3 is 2.00 bits per heavy atom. The average molecular weight is 561 g/mol. The molecule has 2 aromatic carbocycles. The van der Waals surface area contributed by atoms with Crippen molar-refractivity contribution >= 4 is 17.7 Å². The summed E-state index contributed by atoms with van der Waals surface area (Å²) in [6, 6.07) is 5.89. The lowest BCUT2D eigenvalue weighted by Crippen LogP contribution is -2.53. The molecule has 220 valence electrons. The summed E-state index contributed by atoms with van der Waals surface area (Å²) >= 11 is 0. The lowest BCUT2D eigenvalue weighted by atomic mass is 9.99. The van der Waals surface area contributed by atoms with Gasteiger partial charge >= 0.3 is 0 Å². The number of aliphatic hydroxyl groups excluding tert-OH is 1. The van der Waals surface area contributed by atoms with Gasteiger partial charge in [0.2, 0.25) is 5.91 Å². The number of aliphatic hydroxyl groups is 1. The number of hydrogen-bond donors (Lipinski definition) is 3. The molecule has 0 aliphatic rings. The van der Waals surface area contributed by atoms with Crippen LogP contribution in [-0.4, -0.2) is 77.0 Å². The number of benzene rings is 2. The van der Waals surface area contributed by atoms with E-state index in [2.05, 4.69) is 5.32 Å². The Morgan fingerprint density at radius 1 is 0.925 bits per heavy atom. The predicted octanol–water partition coefficient (Wildman–Crippen LogP) is 3.43. The molecule has 8 nitrogen and oxygen atoms in total. The SMILES string of the molecule is CCCN(CCC)C(=O)c1cc(C)cc(C(=O)N(C[C@@H](O)[C@@H](N)Cc2cc(F)cc(F)c2)[C@@H](C)C(=O)NCC)c1. The second kappa shape index (κ2) is 15.4. The van der Waals surface area contributed by atoms with E-state index in [-0.39, 0.29) is 30.0 Å². The van der Waals surface area contributed by atoms with Crippen LogP contribution in [0.15, 0.2) is 36.4 Å². The number of hydrogen-bond acceptors (Lipinski definition) is 5. The molecule has 0 unspecified atom stereocenters. The van der Waals surface area contributed by atoms with Gasteiger partial charge in [-0.05, 0) is 81.5 Å². The van der Waals surface area contributed by atoms with Gasteiger partial charge in [0.05, 0.1) is 6.10 Å². The third kappa shape index (κ3) is 9.09. The van der Waals surface area contributed by atoms with Crippen LogP contribution in [0.2, 0.25) is 0 Å². The lowest BCUT2D eigenvalue weighted by Gasteiger charge is -2.32. The number of carbonyl (C=O) groups is 3. The van der Waals surface area contributed by atoms with E-state index in [9.17, 15) is 28.3 Å². The summed E-state index contributed by atoms with van der Waals surface area (Å²) in [6.45, 7) is 10.2. The molecule has 0 bridgehead atoms. The minimum atomic E-state index is -1.32. The maximum Gasteiger partial charge on any atom is 0.254 e. The lowest BCUT2D eigenvalue weighted by molar-refractivity contribution is -0.125. The summed E-state index contributed by atoms with van der Waals surface area (Å²) < 4.78 is 27.3. The van der Waals surface area contributed by atoms with Crippen LogP contribution in [0.1, 0.15) is 72.4 Å². The van der Waals surface area contributed by atoms with Crippen LogP contribution in [0.4, 0.5) is 8.78 Å². The Kier molecular flexibility index (Phi) is 12.7. The van der Waals surface area contributed by atoms with Crippen molar-refractivity contribution in [2.45, 2.75) is 72.1 Å². The summed E-state index contributed by atoms with van der Waals surface area (Å²) in [6.07, 6.45) is 0.215. The first-order valence-electron chi connectivity index (χ1n) is 13.8. The minimum absolute atomic E-state index is 0.0544. The van der Waals surface area contributed by atoms with E-state index in [1.807, 2.05) is 13.8 Å². The molecule has 40 heavy (non-hydrogen) atoms. The van der Waals surface area contributed by atoms with Crippen LogP contribution in [0.3, 0.4) is 0 Å². The molecule has 3 amide bonds. The van der Waals surface area contributed by atoms with E-state index >= 15 is 0 Å². The Morgan fingerprint density at radius 2 is 1.48 bits per heavy atom. The maximum absolute atomic E-state index is 13.8. The molecule has 0 aliphatic heterocycles. The summed E-state index contributed by atoms with van der Waals surface area (Å²) in [4.78, 5) is 42.8. The highest BCUT2D eigenvalue weighted by Crippen LogP contribution is 2.18. The third-order valence-electron chi connectivity index (χ3n) is 6.58. The highest BCUT2D eigenvalue weighted by atomic mass is 19.1. The first kappa shape index (κ1) is 32.8. The van der Waals surface area contributed by atoms with Crippen LogP contribution in [0, 0.1) is 18.6 Å². The van der Waals surface area contributed by atoms with E-state index in [1.54, 1.807) is 30.9 Å². The smallest absolute Gasteiger partial charge is 0.254 e. The third-order valence-corrected chi connectivity index (χ3v) is 6.58. The molecule has 0 saturated carbocycles. The highest BCUT2D eigenvalue weighted by molar-refractivity contribution is 6.01. The van der Waals surface area contributed by atoms with Gasteiger partial charge in [-0.25, -0.2) is 8.78 Å². The van der Waals surface area contributed by atoms with E-state index in [1.165, 1.54) is 17.9 Å². The summed E-state index contributed by atoms with van der Waals surface area (Å²) in [7, 11) is 0. The van der Waals surface area contributed by atoms with Gasteiger partial charge in [0.15, 0.2) is 0 Å². The van der Waals surface area contributed by atoms with Crippen molar-refractivity contribution in [2.75, 3.05) is 26.2 Å². The Hall–Kier alpha value is -3.37. The first-order valence-corrected chi connectivity index (χ1v) is 13.8. The van der Waals surface area contributed by atoms with Crippen LogP contribution in [-0.2, 0) is 11.2 Å². The van der Waals surface area contributed by atoms with Gasteiger partial charge < -0.3 is 26.0 Å². The Balaban J connectivity index is 2.38. The van der Waals surface area contributed by atoms with Crippen LogP contribution >= 0.6 is 0 Å². The van der Waals surface area contributed by atoms with Crippen molar-refractivity contribution in [3.63, 3.8) is 0 Å². The van der Waals surface area contributed by atoms with Crippen LogP contribution in [0.25, 0.3) is 0 Å². The zero-order valence-electron chi connectivity index (χ0n) is 24.0. The molecule has 0 aromatic heterocycles. The fourth-order valence-electron chi connectivity index (χ4n) is 4.59. The number of likely N-dealkylation sites (N-methyl/N-ethyl adjacent to an activating group) is 1. The molecule has 0 heterocycles. The topological polar surface area (TPSA) is 116 Å². The number of nitrogens with zero attached hydrogens (tertiary/aromatic N) is 2. The van der Waals surface area contributed by atoms with Crippen molar-refractivity contribution in [3.05, 3.63) is 70.3 Å². The fourth-order valence-corrected chi connectivity index (χ4v) is 4.59. The van der Waals surface area contributed by atoms with Crippen molar-refractivity contribution in [2.24, 2.45) is 5.73 Å². The number of amides is 3. The molecule has 2 rings (SSSR count). The molecule has 3 atom stereocenters.